The topological polar surface area (TPSA) is 52.7 Å². The highest BCUT2D eigenvalue weighted by Gasteiger charge is 2.38. The zero-order valence-corrected chi connectivity index (χ0v) is 16.2. The summed E-state index contributed by atoms with van der Waals surface area (Å²) in [5, 5.41) is 3.13. The Morgan fingerprint density at radius 3 is 2.56 bits per heavy atom. The van der Waals surface area contributed by atoms with Crippen LogP contribution in [0.1, 0.15) is 56.9 Å². The van der Waals surface area contributed by atoms with Gasteiger partial charge in [0.2, 0.25) is 11.8 Å². The molecule has 146 valence electrons. The van der Waals surface area contributed by atoms with Gasteiger partial charge in [-0.1, -0.05) is 37.5 Å². The highest BCUT2D eigenvalue weighted by molar-refractivity contribution is 5.97. The molecule has 5 heteroatoms. The molecular weight excluding hydrogens is 338 g/mol. The number of likely N-dealkylation sites (tertiary alicyclic amines) is 2. The quantitative estimate of drug-likeness (QED) is 0.865. The number of hydrogen-bond donors (Lipinski definition) is 1. The molecule has 1 aliphatic carbocycles. The second-order valence-corrected chi connectivity index (χ2v) is 8.37. The normalized spacial score (nSPS) is 24.5. The van der Waals surface area contributed by atoms with Gasteiger partial charge >= 0.3 is 0 Å². The van der Waals surface area contributed by atoms with Gasteiger partial charge in [-0.3, -0.25) is 14.5 Å². The molecule has 2 aliphatic heterocycles. The average Bonchev–Trinajstić information content (AvgIpc) is 3.34. The molecule has 2 amide bonds. The lowest BCUT2D eigenvalue weighted by Gasteiger charge is -2.31. The van der Waals surface area contributed by atoms with Crippen molar-refractivity contribution < 1.29 is 9.59 Å². The molecule has 2 heterocycles. The maximum atomic E-state index is 12.9. The van der Waals surface area contributed by atoms with E-state index in [0.29, 0.717) is 19.0 Å². The van der Waals surface area contributed by atoms with Crippen LogP contribution < -0.4 is 5.32 Å². The van der Waals surface area contributed by atoms with Crippen molar-refractivity contribution in [2.45, 2.75) is 64.0 Å². The van der Waals surface area contributed by atoms with E-state index < -0.39 is 0 Å². The summed E-state index contributed by atoms with van der Waals surface area (Å²) >= 11 is 0. The smallest absolute Gasteiger partial charge is 0.229 e. The molecule has 1 saturated carbocycles. The lowest BCUT2D eigenvalue weighted by Crippen LogP contribution is -2.38. The van der Waals surface area contributed by atoms with Crippen LogP contribution in [0.3, 0.4) is 0 Å². The van der Waals surface area contributed by atoms with Crippen molar-refractivity contribution in [1.29, 1.82) is 0 Å². The predicted octanol–water partition coefficient (Wildman–Crippen LogP) is 3.40. The van der Waals surface area contributed by atoms with Crippen molar-refractivity contribution in [2.75, 3.05) is 25.0 Å². The lowest BCUT2D eigenvalue weighted by atomic mass is 9.94. The Morgan fingerprint density at radius 1 is 1.04 bits per heavy atom. The predicted molar refractivity (Wildman–Crippen MR) is 106 cm³/mol. The Kier molecular flexibility index (Phi) is 5.77. The first-order chi connectivity index (χ1) is 13.2. The average molecular weight is 370 g/mol. The first-order valence-corrected chi connectivity index (χ1v) is 10.6. The molecule has 1 N–H and O–H groups in total. The number of rotatable bonds is 5. The van der Waals surface area contributed by atoms with Crippen molar-refractivity contribution in [3.63, 3.8) is 0 Å². The highest BCUT2D eigenvalue weighted by atomic mass is 16.2. The van der Waals surface area contributed by atoms with E-state index in [4.69, 9.17) is 0 Å². The number of carbonyl (C=O) groups is 2. The van der Waals surface area contributed by atoms with E-state index in [0.717, 1.165) is 38.2 Å². The molecule has 0 bridgehead atoms. The summed E-state index contributed by atoms with van der Waals surface area (Å²) in [5.41, 5.74) is 2.07. The van der Waals surface area contributed by atoms with Gasteiger partial charge < -0.3 is 10.2 Å². The van der Waals surface area contributed by atoms with Gasteiger partial charge in [-0.15, -0.1) is 0 Å². The molecule has 1 aromatic rings. The molecule has 4 rings (SSSR count). The number of nitrogens with one attached hydrogen (secondary N) is 1. The monoisotopic (exact) mass is 369 g/mol. The van der Waals surface area contributed by atoms with Crippen LogP contribution in [0.4, 0.5) is 5.69 Å². The largest absolute Gasteiger partial charge is 0.339 e. The molecule has 1 aromatic carbocycles. The number of amides is 2. The van der Waals surface area contributed by atoms with E-state index in [2.05, 4.69) is 16.3 Å². The second-order valence-electron chi connectivity index (χ2n) is 8.37. The zero-order chi connectivity index (χ0) is 18.6. The molecule has 3 fully saturated rings. The SMILES string of the molecule is O=C(Nc1ccccc1CN1CCCC1)[C@H]1CC(=O)N(C2CCCCC2)C1. The van der Waals surface area contributed by atoms with Crippen LogP contribution >= 0.6 is 0 Å². The fourth-order valence-electron chi connectivity index (χ4n) is 4.85. The molecule has 3 aliphatic rings. The van der Waals surface area contributed by atoms with Gasteiger partial charge in [-0.2, -0.15) is 0 Å². The maximum absolute atomic E-state index is 12.9. The van der Waals surface area contributed by atoms with Crippen LogP contribution in [0.15, 0.2) is 24.3 Å². The lowest BCUT2D eigenvalue weighted by molar-refractivity contribution is -0.130. The van der Waals surface area contributed by atoms with Crippen molar-refractivity contribution in [3.8, 4) is 0 Å². The Bertz CT molecular complexity index is 678. The first kappa shape index (κ1) is 18.5. The van der Waals surface area contributed by atoms with Crippen LogP contribution in [0, 0.1) is 5.92 Å². The van der Waals surface area contributed by atoms with Gasteiger partial charge in [0.15, 0.2) is 0 Å². The minimum absolute atomic E-state index is 0.00414. The maximum Gasteiger partial charge on any atom is 0.229 e. The second kappa shape index (κ2) is 8.42. The fourth-order valence-corrected chi connectivity index (χ4v) is 4.85. The van der Waals surface area contributed by atoms with Gasteiger partial charge in [-0.05, 0) is 50.4 Å². The Morgan fingerprint density at radius 2 is 1.78 bits per heavy atom. The molecule has 0 radical (unpaired) electrons. The van der Waals surface area contributed by atoms with Crippen LogP contribution in [0.5, 0.6) is 0 Å². The zero-order valence-electron chi connectivity index (χ0n) is 16.2. The van der Waals surface area contributed by atoms with Crippen LogP contribution in [-0.2, 0) is 16.1 Å². The van der Waals surface area contributed by atoms with E-state index >= 15 is 0 Å². The number of para-hydroxylation sites is 1. The van der Waals surface area contributed by atoms with Crippen molar-refractivity contribution in [1.82, 2.24) is 9.80 Å². The van der Waals surface area contributed by atoms with E-state index in [9.17, 15) is 9.59 Å². The Hall–Kier alpha value is -1.88. The van der Waals surface area contributed by atoms with Crippen molar-refractivity contribution in [3.05, 3.63) is 29.8 Å². The Balaban J connectivity index is 1.38. The van der Waals surface area contributed by atoms with E-state index in [1.165, 1.54) is 37.7 Å². The minimum Gasteiger partial charge on any atom is -0.339 e. The molecule has 2 saturated heterocycles. The third-order valence-corrected chi connectivity index (χ3v) is 6.41. The van der Waals surface area contributed by atoms with Crippen LogP contribution in [-0.4, -0.2) is 47.3 Å². The molecule has 27 heavy (non-hydrogen) atoms. The summed E-state index contributed by atoms with van der Waals surface area (Å²) in [6, 6.07) is 8.44. The summed E-state index contributed by atoms with van der Waals surface area (Å²) in [6.45, 7) is 3.74. The van der Waals surface area contributed by atoms with Gasteiger partial charge in [0.25, 0.3) is 0 Å². The highest BCUT2D eigenvalue weighted by Crippen LogP contribution is 2.29. The molecular formula is C22H31N3O2. The number of anilines is 1. The number of hydrogen-bond acceptors (Lipinski definition) is 3. The van der Waals surface area contributed by atoms with E-state index in [1.54, 1.807) is 0 Å². The Labute approximate surface area is 162 Å². The van der Waals surface area contributed by atoms with Crippen molar-refractivity contribution in [2.24, 2.45) is 5.92 Å². The van der Waals surface area contributed by atoms with Crippen LogP contribution in [0.2, 0.25) is 0 Å². The summed E-state index contributed by atoms with van der Waals surface area (Å²) in [7, 11) is 0. The fraction of sp³-hybridized carbons (Fsp3) is 0.636. The molecule has 0 spiro atoms. The summed E-state index contributed by atoms with van der Waals surface area (Å²) in [5.74, 6) is -0.0674. The number of carbonyl (C=O) groups excluding carboxylic acids is 2. The van der Waals surface area contributed by atoms with E-state index in [1.807, 2.05) is 23.1 Å². The van der Waals surface area contributed by atoms with Gasteiger partial charge in [0, 0.05) is 31.2 Å². The minimum atomic E-state index is -0.223. The first-order valence-electron chi connectivity index (χ1n) is 10.6. The standard InChI is InChI=1S/C22H31N3O2/c26-21-14-18(16-25(21)19-9-2-1-3-10-19)22(27)23-20-11-5-4-8-17(20)15-24-12-6-7-13-24/h4-5,8,11,18-19H,1-3,6-7,9-10,12-16H2,(H,23,27)/t18-/m0/s1. The summed E-state index contributed by atoms with van der Waals surface area (Å²) in [6.07, 6.45) is 8.75. The van der Waals surface area contributed by atoms with Crippen molar-refractivity contribution >= 4 is 17.5 Å². The summed E-state index contributed by atoms with van der Waals surface area (Å²) < 4.78 is 0. The third kappa shape index (κ3) is 4.34. The molecule has 0 aromatic heterocycles. The molecule has 0 unspecified atom stereocenters. The third-order valence-electron chi connectivity index (χ3n) is 6.41. The van der Waals surface area contributed by atoms with Gasteiger partial charge in [-0.25, -0.2) is 0 Å². The van der Waals surface area contributed by atoms with Crippen LogP contribution in [0.25, 0.3) is 0 Å². The van der Waals surface area contributed by atoms with Gasteiger partial charge in [0.1, 0.15) is 0 Å². The number of nitrogens with zero attached hydrogens (tertiary/aromatic N) is 2. The summed E-state index contributed by atoms with van der Waals surface area (Å²) in [4.78, 5) is 29.8. The molecule has 5 nitrogen and oxygen atoms in total. The molecule has 1 atom stereocenters. The van der Waals surface area contributed by atoms with E-state index in [-0.39, 0.29) is 17.7 Å². The number of benzene rings is 1. The van der Waals surface area contributed by atoms with Gasteiger partial charge in [0.05, 0.1) is 5.92 Å².